The van der Waals surface area contributed by atoms with E-state index in [0.29, 0.717) is 28.8 Å². The number of hydrogen-bond acceptors (Lipinski definition) is 5. The second-order valence-corrected chi connectivity index (χ2v) is 8.14. The number of aromatic nitrogens is 1. The first-order chi connectivity index (χ1) is 15.0. The molecule has 1 unspecified atom stereocenters. The molecule has 0 spiro atoms. The molecule has 0 saturated heterocycles. The number of carbonyl (C=O) groups is 1. The summed E-state index contributed by atoms with van der Waals surface area (Å²) in [6.07, 6.45) is 2.51. The van der Waals surface area contributed by atoms with Crippen LogP contribution in [0.4, 0.5) is 0 Å². The van der Waals surface area contributed by atoms with Gasteiger partial charge in [0, 0.05) is 12.7 Å². The fraction of sp³-hybridized carbons (Fsp3) is 0.400. The summed E-state index contributed by atoms with van der Waals surface area (Å²) in [6, 6.07) is 8.77. The van der Waals surface area contributed by atoms with Gasteiger partial charge in [0.25, 0.3) is 5.91 Å². The molecule has 6 heteroatoms. The molecule has 3 heterocycles. The van der Waals surface area contributed by atoms with E-state index < -0.39 is 6.04 Å². The SMILES string of the molecule is CCN(CC)CCCN1C(=O)c2oc3cc(C)c(C)cc3c(=O)c2C1c1ccccn1. The Morgan fingerprint density at radius 2 is 1.84 bits per heavy atom. The Morgan fingerprint density at radius 1 is 1.10 bits per heavy atom. The van der Waals surface area contributed by atoms with Gasteiger partial charge < -0.3 is 14.2 Å². The van der Waals surface area contributed by atoms with Crippen LogP contribution in [0.3, 0.4) is 0 Å². The van der Waals surface area contributed by atoms with E-state index in [0.717, 1.165) is 37.2 Å². The van der Waals surface area contributed by atoms with E-state index >= 15 is 0 Å². The molecule has 0 N–H and O–H groups in total. The van der Waals surface area contributed by atoms with Crippen LogP contribution >= 0.6 is 0 Å². The van der Waals surface area contributed by atoms with Gasteiger partial charge in [-0.1, -0.05) is 19.9 Å². The Balaban J connectivity index is 1.81. The average molecular weight is 420 g/mol. The predicted octanol–water partition coefficient (Wildman–Crippen LogP) is 4.08. The number of rotatable bonds is 7. The minimum Gasteiger partial charge on any atom is -0.450 e. The number of nitrogens with zero attached hydrogens (tertiary/aromatic N) is 3. The molecule has 0 fully saturated rings. The highest BCUT2D eigenvalue weighted by Gasteiger charge is 2.43. The fourth-order valence-electron chi connectivity index (χ4n) is 4.36. The third-order valence-electron chi connectivity index (χ3n) is 6.32. The van der Waals surface area contributed by atoms with Gasteiger partial charge in [0.2, 0.25) is 5.76 Å². The number of benzene rings is 1. The molecular formula is C25H29N3O3. The van der Waals surface area contributed by atoms with Gasteiger partial charge in [0.15, 0.2) is 5.43 Å². The molecule has 162 valence electrons. The smallest absolute Gasteiger partial charge is 0.290 e. The van der Waals surface area contributed by atoms with Gasteiger partial charge in [0.1, 0.15) is 11.6 Å². The quantitative estimate of drug-likeness (QED) is 0.577. The van der Waals surface area contributed by atoms with Crippen molar-refractivity contribution in [3.63, 3.8) is 0 Å². The van der Waals surface area contributed by atoms with Crippen molar-refractivity contribution in [3.05, 3.63) is 74.9 Å². The van der Waals surface area contributed by atoms with Crippen molar-refractivity contribution >= 4 is 16.9 Å². The maximum absolute atomic E-state index is 13.6. The van der Waals surface area contributed by atoms with Crippen LogP contribution < -0.4 is 5.43 Å². The van der Waals surface area contributed by atoms with Crippen molar-refractivity contribution in [1.29, 1.82) is 0 Å². The van der Waals surface area contributed by atoms with Crippen molar-refractivity contribution in [2.75, 3.05) is 26.2 Å². The highest BCUT2D eigenvalue weighted by atomic mass is 16.3. The minimum absolute atomic E-state index is 0.144. The summed E-state index contributed by atoms with van der Waals surface area (Å²) in [6.45, 7) is 11.6. The highest BCUT2D eigenvalue weighted by molar-refractivity contribution is 5.99. The van der Waals surface area contributed by atoms with Crippen LogP contribution in [0.15, 0.2) is 45.7 Å². The van der Waals surface area contributed by atoms with E-state index in [1.165, 1.54) is 0 Å². The van der Waals surface area contributed by atoms with Gasteiger partial charge in [-0.3, -0.25) is 14.6 Å². The van der Waals surface area contributed by atoms with Crippen molar-refractivity contribution in [2.45, 2.75) is 40.2 Å². The van der Waals surface area contributed by atoms with Gasteiger partial charge >= 0.3 is 0 Å². The zero-order chi connectivity index (χ0) is 22.1. The van der Waals surface area contributed by atoms with Gasteiger partial charge in [-0.15, -0.1) is 0 Å². The summed E-state index contributed by atoms with van der Waals surface area (Å²) in [5.41, 5.74) is 3.46. The second kappa shape index (κ2) is 8.63. The topological polar surface area (TPSA) is 66.7 Å². The van der Waals surface area contributed by atoms with Crippen LogP contribution in [0.25, 0.3) is 11.0 Å². The number of amides is 1. The number of pyridine rings is 1. The number of aryl methyl sites for hydroxylation is 2. The molecule has 0 radical (unpaired) electrons. The molecule has 1 aliphatic rings. The van der Waals surface area contributed by atoms with E-state index in [9.17, 15) is 9.59 Å². The average Bonchev–Trinajstić information content (AvgIpc) is 3.05. The van der Waals surface area contributed by atoms with E-state index in [1.807, 2.05) is 44.2 Å². The first-order valence-electron chi connectivity index (χ1n) is 11.0. The number of carbonyl (C=O) groups excluding carboxylic acids is 1. The molecule has 0 aliphatic carbocycles. The summed E-state index contributed by atoms with van der Waals surface area (Å²) in [4.78, 5) is 35.5. The zero-order valence-electron chi connectivity index (χ0n) is 18.6. The normalized spacial score (nSPS) is 15.8. The zero-order valence-corrected chi connectivity index (χ0v) is 18.6. The van der Waals surface area contributed by atoms with E-state index in [4.69, 9.17) is 4.42 Å². The van der Waals surface area contributed by atoms with Gasteiger partial charge in [-0.05, 0) is 75.3 Å². The van der Waals surface area contributed by atoms with Crippen molar-refractivity contribution in [2.24, 2.45) is 0 Å². The summed E-state index contributed by atoms with van der Waals surface area (Å²) in [7, 11) is 0. The van der Waals surface area contributed by atoms with E-state index in [-0.39, 0.29) is 17.1 Å². The minimum atomic E-state index is -0.525. The second-order valence-electron chi connectivity index (χ2n) is 8.14. The number of fused-ring (bicyclic) bond motifs is 2. The largest absolute Gasteiger partial charge is 0.450 e. The summed E-state index contributed by atoms with van der Waals surface area (Å²) in [5, 5.41) is 0.514. The van der Waals surface area contributed by atoms with Crippen LogP contribution in [0.2, 0.25) is 0 Å². The molecule has 0 saturated carbocycles. The molecule has 1 amide bonds. The molecule has 4 rings (SSSR count). The highest BCUT2D eigenvalue weighted by Crippen LogP contribution is 2.37. The van der Waals surface area contributed by atoms with Gasteiger partial charge in [0.05, 0.1) is 16.6 Å². The van der Waals surface area contributed by atoms with Crippen LogP contribution in [-0.2, 0) is 0 Å². The Labute approximate surface area is 182 Å². The molecule has 6 nitrogen and oxygen atoms in total. The lowest BCUT2D eigenvalue weighted by atomic mass is 10.0. The molecular weight excluding hydrogens is 390 g/mol. The molecule has 1 aromatic carbocycles. The molecule has 2 aromatic heterocycles. The maximum Gasteiger partial charge on any atom is 0.290 e. The third-order valence-corrected chi connectivity index (χ3v) is 6.32. The van der Waals surface area contributed by atoms with Crippen molar-refractivity contribution in [1.82, 2.24) is 14.8 Å². The van der Waals surface area contributed by atoms with E-state index in [1.54, 1.807) is 11.1 Å². The lowest BCUT2D eigenvalue weighted by Crippen LogP contribution is -2.33. The Morgan fingerprint density at radius 3 is 2.52 bits per heavy atom. The van der Waals surface area contributed by atoms with Crippen molar-refractivity contribution in [3.8, 4) is 0 Å². The molecule has 1 aliphatic heterocycles. The predicted molar refractivity (Wildman–Crippen MR) is 121 cm³/mol. The van der Waals surface area contributed by atoms with E-state index in [2.05, 4.69) is 23.7 Å². The Bertz CT molecular complexity index is 1170. The van der Waals surface area contributed by atoms with Crippen LogP contribution in [-0.4, -0.2) is 46.9 Å². The summed E-state index contributed by atoms with van der Waals surface area (Å²) in [5.74, 6) is -0.0818. The monoisotopic (exact) mass is 419 g/mol. The summed E-state index contributed by atoms with van der Waals surface area (Å²) >= 11 is 0. The lowest BCUT2D eigenvalue weighted by molar-refractivity contribution is 0.0717. The maximum atomic E-state index is 13.6. The first-order valence-corrected chi connectivity index (χ1v) is 11.0. The van der Waals surface area contributed by atoms with Crippen molar-refractivity contribution < 1.29 is 9.21 Å². The van der Waals surface area contributed by atoms with Crippen LogP contribution in [0, 0.1) is 13.8 Å². The molecule has 31 heavy (non-hydrogen) atoms. The van der Waals surface area contributed by atoms with Crippen LogP contribution in [0.1, 0.15) is 59.2 Å². The lowest BCUT2D eigenvalue weighted by Gasteiger charge is -2.26. The fourth-order valence-corrected chi connectivity index (χ4v) is 4.36. The molecule has 1 atom stereocenters. The molecule has 3 aromatic rings. The molecule has 0 bridgehead atoms. The Kier molecular flexibility index (Phi) is 5.92. The third kappa shape index (κ3) is 3.76. The van der Waals surface area contributed by atoms with Gasteiger partial charge in [-0.2, -0.15) is 0 Å². The summed E-state index contributed by atoms with van der Waals surface area (Å²) < 4.78 is 6.06. The number of hydrogen-bond donors (Lipinski definition) is 0. The Hall–Kier alpha value is -2.99. The first kappa shape index (κ1) is 21.2. The van der Waals surface area contributed by atoms with Gasteiger partial charge in [-0.25, -0.2) is 0 Å². The van der Waals surface area contributed by atoms with Crippen LogP contribution in [0.5, 0.6) is 0 Å². The standard InChI is InChI=1S/C25H29N3O3/c1-5-27(6-2)12-9-13-28-22(19-10-7-8-11-26-19)21-23(29)18-14-16(3)17(4)15-20(18)31-24(21)25(28)30/h7-8,10-11,14-15,22H,5-6,9,12-13H2,1-4H3.